The first kappa shape index (κ1) is 21.8. The molecule has 0 radical (unpaired) electrons. The molecule has 9 heteroatoms. The van der Waals surface area contributed by atoms with Gasteiger partial charge in [0.25, 0.3) is 11.9 Å². The number of hydrogen-bond acceptors (Lipinski definition) is 7. The van der Waals surface area contributed by atoms with Crippen LogP contribution in [-0.4, -0.2) is 82.9 Å². The SMILES string of the molecule is COc1ccc(OC)c(-c2ccnc(-n3ncc(C(=O)N4CC[C@@H](N(C)C)C4)c3C)n2)c1. The van der Waals surface area contributed by atoms with Gasteiger partial charge in [0.15, 0.2) is 0 Å². The Morgan fingerprint density at radius 1 is 1.19 bits per heavy atom. The third-order valence-electron chi connectivity index (χ3n) is 5.94. The highest BCUT2D eigenvalue weighted by molar-refractivity contribution is 5.95. The highest BCUT2D eigenvalue weighted by Crippen LogP contribution is 2.32. The lowest BCUT2D eigenvalue weighted by atomic mass is 10.1. The molecule has 1 saturated heterocycles. The maximum atomic E-state index is 13.1. The fourth-order valence-corrected chi connectivity index (χ4v) is 3.95. The van der Waals surface area contributed by atoms with Gasteiger partial charge >= 0.3 is 0 Å². The number of likely N-dealkylation sites (tertiary alicyclic amines) is 1. The zero-order valence-electron chi connectivity index (χ0n) is 19.1. The Morgan fingerprint density at radius 3 is 2.69 bits per heavy atom. The summed E-state index contributed by atoms with van der Waals surface area (Å²) in [6, 6.07) is 7.72. The highest BCUT2D eigenvalue weighted by atomic mass is 16.5. The van der Waals surface area contributed by atoms with Crippen LogP contribution in [0.5, 0.6) is 11.5 Å². The van der Waals surface area contributed by atoms with Gasteiger partial charge in [-0.05, 0) is 51.7 Å². The van der Waals surface area contributed by atoms with Gasteiger partial charge in [0, 0.05) is 30.9 Å². The first-order valence-corrected chi connectivity index (χ1v) is 10.5. The molecule has 1 aliphatic rings. The molecule has 1 aromatic carbocycles. The lowest BCUT2D eigenvalue weighted by Crippen LogP contribution is -2.34. The number of benzene rings is 1. The van der Waals surface area contributed by atoms with E-state index in [4.69, 9.17) is 9.47 Å². The summed E-state index contributed by atoms with van der Waals surface area (Å²) in [6.07, 6.45) is 4.24. The predicted octanol–water partition coefficient (Wildman–Crippen LogP) is 2.43. The monoisotopic (exact) mass is 436 g/mol. The van der Waals surface area contributed by atoms with Crippen molar-refractivity contribution in [3.05, 3.63) is 47.9 Å². The number of carbonyl (C=O) groups is 1. The largest absolute Gasteiger partial charge is 0.497 e. The molecule has 2 aromatic heterocycles. The van der Waals surface area contributed by atoms with Crippen molar-refractivity contribution in [1.82, 2.24) is 29.5 Å². The molecule has 1 aliphatic heterocycles. The Balaban J connectivity index is 1.64. The van der Waals surface area contributed by atoms with Crippen LogP contribution in [0.4, 0.5) is 0 Å². The molecule has 1 fully saturated rings. The summed E-state index contributed by atoms with van der Waals surface area (Å²) in [4.78, 5) is 26.2. The number of amides is 1. The zero-order valence-corrected chi connectivity index (χ0v) is 19.1. The first-order valence-electron chi connectivity index (χ1n) is 10.5. The fraction of sp³-hybridized carbons (Fsp3) is 0.391. The second-order valence-electron chi connectivity index (χ2n) is 8.02. The minimum absolute atomic E-state index is 0.0104. The molecule has 0 N–H and O–H groups in total. The molecule has 3 heterocycles. The van der Waals surface area contributed by atoms with E-state index in [1.807, 2.05) is 44.1 Å². The van der Waals surface area contributed by atoms with Crippen molar-refractivity contribution < 1.29 is 14.3 Å². The average Bonchev–Trinajstić information content (AvgIpc) is 3.46. The van der Waals surface area contributed by atoms with Crippen LogP contribution in [0.25, 0.3) is 17.2 Å². The number of likely N-dealkylation sites (N-methyl/N-ethyl adjacent to an activating group) is 1. The van der Waals surface area contributed by atoms with Crippen molar-refractivity contribution in [1.29, 1.82) is 0 Å². The molecule has 168 valence electrons. The van der Waals surface area contributed by atoms with E-state index in [2.05, 4.69) is 20.0 Å². The van der Waals surface area contributed by atoms with Gasteiger partial charge in [-0.15, -0.1) is 0 Å². The predicted molar refractivity (Wildman–Crippen MR) is 120 cm³/mol. The summed E-state index contributed by atoms with van der Waals surface area (Å²) in [6.45, 7) is 3.33. The molecule has 0 spiro atoms. The molecule has 32 heavy (non-hydrogen) atoms. The second-order valence-corrected chi connectivity index (χ2v) is 8.02. The molecule has 0 unspecified atom stereocenters. The van der Waals surface area contributed by atoms with E-state index in [0.717, 1.165) is 25.1 Å². The van der Waals surface area contributed by atoms with Crippen LogP contribution in [0.3, 0.4) is 0 Å². The smallest absolute Gasteiger partial charge is 0.257 e. The maximum absolute atomic E-state index is 13.1. The van der Waals surface area contributed by atoms with Crippen LogP contribution >= 0.6 is 0 Å². The van der Waals surface area contributed by atoms with E-state index in [-0.39, 0.29) is 5.91 Å². The van der Waals surface area contributed by atoms with Crippen molar-refractivity contribution in [3.63, 3.8) is 0 Å². The number of methoxy groups -OCH3 is 2. The number of hydrogen-bond donors (Lipinski definition) is 0. The summed E-state index contributed by atoms with van der Waals surface area (Å²) in [5, 5.41) is 4.42. The summed E-state index contributed by atoms with van der Waals surface area (Å²) < 4.78 is 12.4. The van der Waals surface area contributed by atoms with Gasteiger partial charge in [0.1, 0.15) is 11.5 Å². The van der Waals surface area contributed by atoms with Gasteiger partial charge in [-0.1, -0.05) is 0 Å². The average molecular weight is 437 g/mol. The van der Waals surface area contributed by atoms with E-state index in [0.29, 0.717) is 40.4 Å². The Morgan fingerprint density at radius 2 is 2.00 bits per heavy atom. The van der Waals surface area contributed by atoms with Crippen LogP contribution in [-0.2, 0) is 0 Å². The fourth-order valence-electron chi connectivity index (χ4n) is 3.95. The van der Waals surface area contributed by atoms with E-state index >= 15 is 0 Å². The molecule has 3 aromatic rings. The normalized spacial score (nSPS) is 15.9. The van der Waals surface area contributed by atoms with Gasteiger partial charge in [0.05, 0.1) is 37.4 Å². The Bertz CT molecular complexity index is 1130. The number of ether oxygens (including phenoxy) is 2. The summed E-state index contributed by atoms with van der Waals surface area (Å²) in [7, 11) is 7.32. The van der Waals surface area contributed by atoms with E-state index < -0.39 is 0 Å². The maximum Gasteiger partial charge on any atom is 0.257 e. The van der Waals surface area contributed by atoms with Gasteiger partial charge in [-0.3, -0.25) is 4.79 Å². The van der Waals surface area contributed by atoms with E-state index in [1.54, 1.807) is 37.4 Å². The molecule has 0 aliphatic carbocycles. The summed E-state index contributed by atoms with van der Waals surface area (Å²) >= 11 is 0. The molecule has 0 bridgehead atoms. The number of rotatable bonds is 6. The van der Waals surface area contributed by atoms with Crippen molar-refractivity contribution in [2.45, 2.75) is 19.4 Å². The van der Waals surface area contributed by atoms with Crippen LogP contribution in [0.15, 0.2) is 36.7 Å². The summed E-state index contributed by atoms with van der Waals surface area (Å²) in [5.41, 5.74) is 2.72. The summed E-state index contributed by atoms with van der Waals surface area (Å²) in [5.74, 6) is 1.75. The van der Waals surface area contributed by atoms with Crippen molar-refractivity contribution in [2.75, 3.05) is 41.4 Å². The molecule has 9 nitrogen and oxygen atoms in total. The molecular weight excluding hydrogens is 408 g/mol. The molecule has 1 amide bonds. The Hall–Kier alpha value is -3.46. The zero-order chi connectivity index (χ0) is 22.8. The second kappa shape index (κ2) is 8.96. The molecule has 4 rings (SSSR count). The lowest BCUT2D eigenvalue weighted by molar-refractivity contribution is 0.0782. The number of carbonyl (C=O) groups excluding carboxylic acids is 1. The Labute approximate surface area is 187 Å². The quantitative estimate of drug-likeness (QED) is 0.587. The lowest BCUT2D eigenvalue weighted by Gasteiger charge is -2.20. The third-order valence-corrected chi connectivity index (χ3v) is 5.94. The number of aromatic nitrogens is 4. The minimum Gasteiger partial charge on any atom is -0.497 e. The van der Waals surface area contributed by atoms with Crippen molar-refractivity contribution >= 4 is 5.91 Å². The topological polar surface area (TPSA) is 85.6 Å². The molecule has 1 atom stereocenters. The molecule has 0 saturated carbocycles. The van der Waals surface area contributed by atoms with Crippen LogP contribution in [0.1, 0.15) is 22.5 Å². The van der Waals surface area contributed by atoms with Crippen LogP contribution in [0.2, 0.25) is 0 Å². The van der Waals surface area contributed by atoms with Gasteiger partial charge in [-0.2, -0.15) is 5.10 Å². The van der Waals surface area contributed by atoms with Gasteiger partial charge < -0.3 is 19.3 Å². The van der Waals surface area contributed by atoms with Gasteiger partial charge in [-0.25, -0.2) is 14.6 Å². The Kier molecular flexibility index (Phi) is 6.09. The third kappa shape index (κ3) is 4.03. The number of nitrogens with zero attached hydrogens (tertiary/aromatic N) is 6. The molecular formula is C23H28N6O3. The van der Waals surface area contributed by atoms with Crippen LogP contribution in [0, 0.1) is 6.92 Å². The van der Waals surface area contributed by atoms with E-state index in [9.17, 15) is 4.79 Å². The van der Waals surface area contributed by atoms with Gasteiger partial charge in [0.2, 0.25) is 0 Å². The van der Waals surface area contributed by atoms with Crippen molar-refractivity contribution in [2.24, 2.45) is 0 Å². The van der Waals surface area contributed by atoms with Crippen molar-refractivity contribution in [3.8, 4) is 28.7 Å². The van der Waals surface area contributed by atoms with E-state index in [1.165, 1.54) is 0 Å². The minimum atomic E-state index is -0.0104. The van der Waals surface area contributed by atoms with Crippen LogP contribution < -0.4 is 9.47 Å². The standard InChI is InChI=1S/C23H28N6O3/c1-15-19(22(30)28-11-9-16(14-28)27(2)3)13-25-29(15)23-24-10-8-20(26-23)18-12-17(31-4)6-7-21(18)32-5/h6-8,10,12-13,16H,9,11,14H2,1-5H3/t16-/m1/s1. The first-order chi connectivity index (χ1) is 15.4. The highest BCUT2D eigenvalue weighted by Gasteiger charge is 2.30.